The van der Waals surface area contributed by atoms with Gasteiger partial charge in [0.25, 0.3) is 11.6 Å². The van der Waals surface area contributed by atoms with Crippen LogP contribution in [0.15, 0.2) is 47.7 Å². The number of pyridine rings is 1. The molecular formula is C27H29N5O3S. The van der Waals surface area contributed by atoms with Crippen LogP contribution >= 0.6 is 11.3 Å². The molecule has 1 saturated heterocycles. The Labute approximate surface area is 214 Å². The second-order valence-corrected chi connectivity index (χ2v) is 10.6. The number of nitrogens with one attached hydrogen (secondary N) is 1. The van der Waals surface area contributed by atoms with Crippen molar-refractivity contribution in [3.05, 3.63) is 74.4 Å². The standard InChI is InChI=1S/C27H29N5O3S/c1-18-10-13-31(14-11-18)23-9-8-21(32(34)35)15-19(23)16-29-27-25(22-6-2-3-7-24(22)36-27)26(33)30-20-5-4-12-28-17-20/h4-5,8-9,12,15-18H,2-3,6-7,10-11,13-14H2,1H3,(H,30,33). The van der Waals surface area contributed by atoms with Crippen molar-refractivity contribution < 1.29 is 9.72 Å². The number of nitro groups is 1. The second kappa shape index (κ2) is 10.6. The van der Waals surface area contributed by atoms with Crippen LogP contribution in [0.1, 0.15) is 59.0 Å². The van der Waals surface area contributed by atoms with Crippen molar-refractivity contribution in [1.29, 1.82) is 0 Å². The van der Waals surface area contributed by atoms with Gasteiger partial charge in [-0.2, -0.15) is 0 Å². The SMILES string of the molecule is CC1CCN(c2ccc([N+](=O)[O-])cc2C=Nc2sc3c(c2C(=O)Nc2cccnc2)CCCC3)CC1. The highest BCUT2D eigenvalue weighted by molar-refractivity contribution is 7.16. The lowest BCUT2D eigenvalue weighted by Gasteiger charge is -2.33. The number of piperidine rings is 1. The topological polar surface area (TPSA) is 101 Å². The Morgan fingerprint density at radius 3 is 2.81 bits per heavy atom. The molecule has 0 radical (unpaired) electrons. The molecule has 1 aromatic carbocycles. The minimum absolute atomic E-state index is 0.0330. The van der Waals surface area contributed by atoms with E-state index in [0.717, 1.165) is 62.9 Å². The molecule has 36 heavy (non-hydrogen) atoms. The van der Waals surface area contributed by atoms with Gasteiger partial charge in [0.2, 0.25) is 0 Å². The van der Waals surface area contributed by atoms with Crippen LogP contribution in [-0.4, -0.2) is 35.1 Å². The summed E-state index contributed by atoms with van der Waals surface area (Å²) in [6, 6.07) is 8.55. The lowest BCUT2D eigenvalue weighted by atomic mass is 9.95. The molecule has 5 rings (SSSR count). The van der Waals surface area contributed by atoms with Gasteiger partial charge < -0.3 is 10.2 Å². The first-order valence-corrected chi connectivity index (χ1v) is 13.2. The second-order valence-electron chi connectivity index (χ2n) is 9.51. The molecule has 1 aliphatic carbocycles. The maximum absolute atomic E-state index is 13.4. The van der Waals surface area contributed by atoms with Crippen LogP contribution < -0.4 is 10.2 Å². The minimum atomic E-state index is -0.379. The number of amides is 1. The lowest BCUT2D eigenvalue weighted by Crippen LogP contribution is -2.33. The molecule has 1 aliphatic heterocycles. The van der Waals surface area contributed by atoms with Gasteiger partial charge in [-0.3, -0.25) is 19.9 Å². The van der Waals surface area contributed by atoms with E-state index in [1.807, 2.05) is 12.1 Å². The summed E-state index contributed by atoms with van der Waals surface area (Å²) in [5.74, 6) is 0.480. The number of carbonyl (C=O) groups is 1. The number of nitro benzene ring substituents is 1. The summed E-state index contributed by atoms with van der Waals surface area (Å²) in [6.45, 7) is 4.07. The summed E-state index contributed by atoms with van der Waals surface area (Å²) in [7, 11) is 0. The minimum Gasteiger partial charge on any atom is -0.371 e. The van der Waals surface area contributed by atoms with Crippen molar-refractivity contribution in [2.45, 2.75) is 45.4 Å². The van der Waals surface area contributed by atoms with E-state index in [2.05, 4.69) is 22.1 Å². The Morgan fingerprint density at radius 2 is 2.06 bits per heavy atom. The van der Waals surface area contributed by atoms with Crippen LogP contribution in [0.4, 0.5) is 22.1 Å². The maximum Gasteiger partial charge on any atom is 0.270 e. The van der Waals surface area contributed by atoms with E-state index in [1.165, 1.54) is 4.88 Å². The average Bonchev–Trinajstić information content (AvgIpc) is 3.27. The van der Waals surface area contributed by atoms with Gasteiger partial charge in [0.05, 0.1) is 22.4 Å². The van der Waals surface area contributed by atoms with Crippen molar-refractivity contribution in [3.8, 4) is 0 Å². The van der Waals surface area contributed by atoms with Gasteiger partial charge in [-0.15, -0.1) is 11.3 Å². The number of anilines is 2. The Bertz CT molecular complexity index is 1300. The zero-order valence-electron chi connectivity index (χ0n) is 20.3. The quantitative estimate of drug-likeness (QED) is 0.246. The van der Waals surface area contributed by atoms with E-state index in [-0.39, 0.29) is 16.5 Å². The number of rotatable bonds is 6. The fourth-order valence-corrected chi connectivity index (χ4v) is 6.16. The van der Waals surface area contributed by atoms with Crippen LogP contribution in [0, 0.1) is 16.0 Å². The Balaban J connectivity index is 1.51. The molecular weight excluding hydrogens is 474 g/mol. The van der Waals surface area contributed by atoms with Gasteiger partial charge in [0.15, 0.2) is 0 Å². The number of carbonyl (C=O) groups excluding carboxylic acids is 1. The smallest absolute Gasteiger partial charge is 0.270 e. The summed E-state index contributed by atoms with van der Waals surface area (Å²) >= 11 is 1.55. The van der Waals surface area contributed by atoms with Crippen molar-refractivity contribution in [2.24, 2.45) is 10.9 Å². The van der Waals surface area contributed by atoms with Gasteiger partial charge >= 0.3 is 0 Å². The normalized spacial score (nSPS) is 16.2. The van der Waals surface area contributed by atoms with E-state index < -0.39 is 0 Å². The first-order chi connectivity index (χ1) is 17.5. The molecule has 1 fully saturated rings. The summed E-state index contributed by atoms with van der Waals surface area (Å²) in [4.78, 5) is 36.8. The fraction of sp³-hybridized carbons (Fsp3) is 0.370. The lowest BCUT2D eigenvalue weighted by molar-refractivity contribution is -0.384. The number of aliphatic imine (C=N–C) groups is 1. The zero-order valence-corrected chi connectivity index (χ0v) is 21.1. The van der Waals surface area contributed by atoms with Gasteiger partial charge in [0.1, 0.15) is 5.00 Å². The molecule has 0 atom stereocenters. The largest absolute Gasteiger partial charge is 0.371 e. The fourth-order valence-electron chi connectivity index (χ4n) is 4.93. The van der Waals surface area contributed by atoms with E-state index in [4.69, 9.17) is 4.99 Å². The molecule has 8 nitrogen and oxygen atoms in total. The van der Waals surface area contributed by atoms with E-state index in [1.54, 1.807) is 48.1 Å². The number of fused-ring (bicyclic) bond motifs is 1. The van der Waals surface area contributed by atoms with Crippen molar-refractivity contribution in [1.82, 2.24) is 4.98 Å². The summed E-state index contributed by atoms with van der Waals surface area (Å²) in [5, 5.41) is 15.1. The molecule has 3 aromatic rings. The Hall–Kier alpha value is -3.59. The first kappa shape index (κ1) is 24.1. The molecule has 1 N–H and O–H groups in total. The highest BCUT2D eigenvalue weighted by Crippen LogP contribution is 2.40. The predicted molar refractivity (Wildman–Crippen MR) is 144 cm³/mol. The number of hydrogen-bond acceptors (Lipinski definition) is 7. The summed E-state index contributed by atoms with van der Waals surface area (Å²) < 4.78 is 0. The molecule has 9 heteroatoms. The number of aryl methyl sites for hydroxylation is 1. The van der Waals surface area contributed by atoms with Gasteiger partial charge in [-0.25, -0.2) is 4.99 Å². The molecule has 2 aromatic heterocycles. The van der Waals surface area contributed by atoms with E-state index in [9.17, 15) is 14.9 Å². The molecule has 0 spiro atoms. The summed E-state index contributed by atoms with van der Waals surface area (Å²) in [6.07, 6.45) is 11.1. The van der Waals surface area contributed by atoms with Crippen LogP contribution in [0.3, 0.4) is 0 Å². The predicted octanol–water partition coefficient (Wildman–Crippen LogP) is 6.17. The first-order valence-electron chi connectivity index (χ1n) is 12.4. The van der Waals surface area contributed by atoms with Crippen LogP contribution in [0.2, 0.25) is 0 Å². The molecule has 0 unspecified atom stereocenters. The van der Waals surface area contributed by atoms with E-state index in [0.29, 0.717) is 27.7 Å². The Kier molecular flexibility index (Phi) is 7.09. The number of non-ortho nitro benzene ring substituents is 1. The molecule has 186 valence electrons. The monoisotopic (exact) mass is 503 g/mol. The maximum atomic E-state index is 13.4. The average molecular weight is 504 g/mol. The number of aromatic nitrogens is 1. The van der Waals surface area contributed by atoms with E-state index >= 15 is 0 Å². The Morgan fingerprint density at radius 1 is 1.25 bits per heavy atom. The van der Waals surface area contributed by atoms with Crippen molar-refractivity contribution in [3.63, 3.8) is 0 Å². The molecule has 0 saturated carbocycles. The number of nitrogens with zero attached hydrogens (tertiary/aromatic N) is 4. The molecule has 1 amide bonds. The zero-order chi connectivity index (χ0) is 25.1. The van der Waals surface area contributed by atoms with Gasteiger partial charge in [-0.1, -0.05) is 6.92 Å². The third-order valence-electron chi connectivity index (χ3n) is 6.97. The molecule has 3 heterocycles. The molecule has 0 bridgehead atoms. The third-order valence-corrected chi connectivity index (χ3v) is 8.17. The van der Waals surface area contributed by atoms with Crippen LogP contribution in [-0.2, 0) is 12.8 Å². The van der Waals surface area contributed by atoms with Crippen LogP contribution in [0.5, 0.6) is 0 Å². The number of benzene rings is 1. The number of thiophene rings is 1. The summed E-state index contributed by atoms with van der Waals surface area (Å²) in [5.41, 5.74) is 3.99. The highest BCUT2D eigenvalue weighted by Gasteiger charge is 2.26. The number of hydrogen-bond donors (Lipinski definition) is 1. The molecule has 2 aliphatic rings. The van der Waals surface area contributed by atoms with Crippen molar-refractivity contribution >= 4 is 45.5 Å². The van der Waals surface area contributed by atoms with Gasteiger partial charge in [-0.05, 0) is 68.2 Å². The third kappa shape index (κ3) is 5.16. The highest BCUT2D eigenvalue weighted by atomic mass is 32.1. The van der Waals surface area contributed by atoms with Crippen molar-refractivity contribution in [2.75, 3.05) is 23.3 Å². The van der Waals surface area contributed by atoms with Crippen LogP contribution in [0.25, 0.3) is 0 Å². The van der Waals surface area contributed by atoms with Gasteiger partial charge in [0, 0.05) is 53.8 Å².